The van der Waals surface area contributed by atoms with E-state index in [1.54, 1.807) is 18.4 Å². The average molecular weight is 375 g/mol. The van der Waals surface area contributed by atoms with E-state index in [-0.39, 0.29) is 6.04 Å². The van der Waals surface area contributed by atoms with Crippen LogP contribution in [-0.2, 0) is 4.79 Å². The molecule has 1 N–H and O–H groups in total. The zero-order valence-corrected chi connectivity index (χ0v) is 16.0. The van der Waals surface area contributed by atoms with Crippen molar-refractivity contribution in [2.24, 2.45) is 0 Å². The molecule has 2 aromatic rings. The molecule has 2 heterocycles. The van der Waals surface area contributed by atoms with Gasteiger partial charge in [-0.2, -0.15) is 0 Å². The number of rotatable bonds is 7. The van der Waals surface area contributed by atoms with Gasteiger partial charge in [-0.05, 0) is 55.5 Å². The number of thiophene rings is 1. The van der Waals surface area contributed by atoms with Gasteiger partial charge in [0.15, 0.2) is 11.5 Å². The summed E-state index contributed by atoms with van der Waals surface area (Å²) < 4.78 is 11.1. The maximum atomic E-state index is 11.8. The van der Waals surface area contributed by atoms with Crippen molar-refractivity contribution in [3.05, 3.63) is 46.2 Å². The van der Waals surface area contributed by atoms with Crippen LogP contribution in [0, 0.1) is 0 Å². The van der Waals surface area contributed by atoms with E-state index in [1.165, 1.54) is 0 Å². The molecule has 0 bridgehead atoms. The van der Waals surface area contributed by atoms with Crippen LogP contribution >= 0.6 is 11.3 Å². The fourth-order valence-corrected chi connectivity index (χ4v) is 4.49. The number of ether oxygens (including phenoxy) is 2. The molecule has 1 aromatic heterocycles. The van der Waals surface area contributed by atoms with Crippen LogP contribution in [0.2, 0.25) is 0 Å². The first-order chi connectivity index (χ1) is 12.7. The lowest BCUT2D eigenvalue weighted by molar-refractivity contribution is -0.145. The van der Waals surface area contributed by atoms with Crippen LogP contribution in [0.3, 0.4) is 0 Å². The van der Waals surface area contributed by atoms with Gasteiger partial charge in [0.05, 0.1) is 19.8 Å². The largest absolute Gasteiger partial charge is 0.493 e. The van der Waals surface area contributed by atoms with Crippen LogP contribution in [0.15, 0.2) is 35.7 Å². The monoisotopic (exact) mass is 375 g/mol. The maximum absolute atomic E-state index is 11.8. The van der Waals surface area contributed by atoms with E-state index < -0.39 is 12.0 Å². The molecule has 1 aromatic carbocycles. The number of benzene rings is 1. The van der Waals surface area contributed by atoms with Crippen LogP contribution in [0.4, 0.5) is 0 Å². The van der Waals surface area contributed by atoms with Crippen molar-refractivity contribution in [2.75, 3.05) is 20.3 Å². The summed E-state index contributed by atoms with van der Waals surface area (Å²) in [6.07, 6.45) is 2.66. The Kier molecular flexibility index (Phi) is 6.16. The molecule has 0 radical (unpaired) electrons. The minimum absolute atomic E-state index is 0.0963. The number of aliphatic carboxylic acids is 1. The molecule has 2 unspecified atom stereocenters. The summed E-state index contributed by atoms with van der Waals surface area (Å²) in [5, 5.41) is 11.8. The minimum Gasteiger partial charge on any atom is -0.493 e. The second kappa shape index (κ2) is 8.56. The van der Waals surface area contributed by atoms with Crippen LogP contribution in [0.25, 0.3) is 0 Å². The van der Waals surface area contributed by atoms with E-state index in [0.717, 1.165) is 29.8 Å². The van der Waals surface area contributed by atoms with E-state index in [0.29, 0.717) is 24.5 Å². The lowest BCUT2D eigenvalue weighted by Crippen LogP contribution is -2.46. The van der Waals surface area contributed by atoms with Gasteiger partial charge in [0.25, 0.3) is 0 Å². The predicted octanol–water partition coefficient (Wildman–Crippen LogP) is 4.18. The number of carbonyl (C=O) groups is 1. The molecular weight excluding hydrogens is 350 g/mol. The second-order valence-corrected chi connectivity index (χ2v) is 7.33. The molecule has 1 aliphatic heterocycles. The van der Waals surface area contributed by atoms with Crippen molar-refractivity contribution in [1.82, 2.24) is 4.90 Å². The molecule has 1 aliphatic rings. The molecule has 26 heavy (non-hydrogen) atoms. The number of methoxy groups -OCH3 is 1. The topological polar surface area (TPSA) is 59.0 Å². The third kappa shape index (κ3) is 3.86. The fourth-order valence-electron chi connectivity index (χ4n) is 3.62. The highest BCUT2D eigenvalue weighted by Crippen LogP contribution is 2.39. The first-order valence-electron chi connectivity index (χ1n) is 8.98. The van der Waals surface area contributed by atoms with Crippen LogP contribution in [-0.4, -0.2) is 42.3 Å². The van der Waals surface area contributed by atoms with Crippen molar-refractivity contribution in [3.8, 4) is 11.5 Å². The normalized spacial score (nSPS) is 19.1. The van der Waals surface area contributed by atoms with Gasteiger partial charge < -0.3 is 14.6 Å². The summed E-state index contributed by atoms with van der Waals surface area (Å²) in [6, 6.07) is 9.44. The lowest BCUT2D eigenvalue weighted by Gasteiger charge is -2.39. The van der Waals surface area contributed by atoms with Gasteiger partial charge in [-0.1, -0.05) is 18.6 Å². The van der Waals surface area contributed by atoms with E-state index in [1.807, 2.05) is 36.6 Å². The molecule has 140 valence electrons. The molecule has 5 nitrogen and oxygen atoms in total. The van der Waals surface area contributed by atoms with Crippen LogP contribution in [0.5, 0.6) is 11.5 Å². The Hall–Kier alpha value is -2.05. The molecule has 0 amide bonds. The molecule has 6 heteroatoms. The first-order valence-corrected chi connectivity index (χ1v) is 9.86. The lowest BCUT2D eigenvalue weighted by atomic mass is 9.95. The SMILES string of the molecule is CCOc1ccc(C(c2cccs2)N2CCCCC2C(=O)O)cc1OC. The van der Waals surface area contributed by atoms with Crippen molar-refractivity contribution < 1.29 is 19.4 Å². The zero-order valence-electron chi connectivity index (χ0n) is 15.2. The standard InChI is InChI=1S/C20H25NO4S/c1-3-25-16-10-9-14(13-17(16)24-2)19(18-8-6-12-26-18)21-11-5-4-7-15(21)20(22)23/h6,8-10,12-13,15,19H,3-5,7,11H2,1-2H3,(H,22,23). The highest BCUT2D eigenvalue weighted by Gasteiger charge is 2.35. The Morgan fingerprint density at radius 3 is 2.85 bits per heavy atom. The van der Waals surface area contributed by atoms with Crippen molar-refractivity contribution in [2.45, 2.75) is 38.3 Å². The summed E-state index contributed by atoms with van der Waals surface area (Å²) >= 11 is 1.65. The Morgan fingerprint density at radius 1 is 1.35 bits per heavy atom. The summed E-state index contributed by atoms with van der Waals surface area (Å²) in [5.41, 5.74) is 1.03. The van der Waals surface area contributed by atoms with Crippen molar-refractivity contribution in [1.29, 1.82) is 0 Å². The van der Waals surface area contributed by atoms with E-state index in [2.05, 4.69) is 11.0 Å². The Bertz CT molecular complexity index is 731. The highest BCUT2D eigenvalue weighted by atomic mass is 32.1. The summed E-state index contributed by atoms with van der Waals surface area (Å²) in [5.74, 6) is 0.635. The molecule has 2 atom stereocenters. The average Bonchev–Trinajstić information content (AvgIpc) is 3.17. The number of hydrogen-bond donors (Lipinski definition) is 1. The Morgan fingerprint density at radius 2 is 2.19 bits per heavy atom. The molecule has 1 fully saturated rings. The summed E-state index contributed by atoms with van der Waals surface area (Å²) in [7, 11) is 1.63. The van der Waals surface area contributed by atoms with E-state index in [4.69, 9.17) is 9.47 Å². The van der Waals surface area contributed by atoms with Gasteiger partial charge >= 0.3 is 5.97 Å². The van der Waals surface area contributed by atoms with Gasteiger partial charge in [0.2, 0.25) is 0 Å². The number of hydrogen-bond acceptors (Lipinski definition) is 5. The van der Waals surface area contributed by atoms with E-state index >= 15 is 0 Å². The summed E-state index contributed by atoms with van der Waals surface area (Å²) in [6.45, 7) is 3.28. The number of nitrogens with zero attached hydrogens (tertiary/aromatic N) is 1. The fraction of sp³-hybridized carbons (Fsp3) is 0.450. The van der Waals surface area contributed by atoms with Crippen LogP contribution in [0.1, 0.15) is 42.7 Å². The van der Waals surface area contributed by atoms with Crippen molar-refractivity contribution in [3.63, 3.8) is 0 Å². The summed E-state index contributed by atoms with van der Waals surface area (Å²) in [4.78, 5) is 15.1. The quantitative estimate of drug-likeness (QED) is 0.786. The molecule has 0 saturated carbocycles. The maximum Gasteiger partial charge on any atom is 0.320 e. The van der Waals surface area contributed by atoms with Crippen molar-refractivity contribution >= 4 is 17.3 Å². The van der Waals surface area contributed by atoms with Crippen LogP contribution < -0.4 is 9.47 Å². The van der Waals surface area contributed by atoms with E-state index in [9.17, 15) is 9.90 Å². The van der Waals surface area contributed by atoms with Gasteiger partial charge in [0, 0.05) is 4.88 Å². The van der Waals surface area contributed by atoms with Gasteiger partial charge in [-0.15, -0.1) is 11.3 Å². The molecular formula is C20H25NO4S. The smallest absolute Gasteiger partial charge is 0.320 e. The molecule has 3 rings (SSSR count). The third-order valence-electron chi connectivity index (χ3n) is 4.78. The second-order valence-electron chi connectivity index (χ2n) is 6.35. The molecule has 0 spiro atoms. The molecule has 1 saturated heterocycles. The predicted molar refractivity (Wildman–Crippen MR) is 102 cm³/mol. The molecule has 0 aliphatic carbocycles. The first kappa shape index (κ1) is 18.7. The highest BCUT2D eigenvalue weighted by molar-refractivity contribution is 7.10. The number of likely N-dealkylation sites (tertiary alicyclic amines) is 1. The van der Waals surface area contributed by atoms with Gasteiger partial charge in [-0.3, -0.25) is 9.69 Å². The zero-order chi connectivity index (χ0) is 18.5. The third-order valence-corrected chi connectivity index (χ3v) is 5.70. The minimum atomic E-state index is -0.746. The van der Waals surface area contributed by atoms with Gasteiger partial charge in [-0.25, -0.2) is 0 Å². The number of carboxylic acid groups (broad SMARTS) is 1. The number of piperidine rings is 1. The Labute approximate surface area is 158 Å². The Balaban J connectivity index is 2.03. The van der Waals surface area contributed by atoms with Gasteiger partial charge in [0.1, 0.15) is 6.04 Å². The number of carboxylic acids is 1.